The van der Waals surface area contributed by atoms with Crippen molar-refractivity contribution in [1.29, 1.82) is 0 Å². The van der Waals surface area contributed by atoms with Gasteiger partial charge in [-0.1, -0.05) is 0 Å². The van der Waals surface area contributed by atoms with Gasteiger partial charge in [-0.05, 0) is 71.2 Å². The van der Waals surface area contributed by atoms with Gasteiger partial charge in [0.25, 0.3) is 0 Å². The molecule has 0 bridgehead atoms. The molecule has 1 unspecified atom stereocenters. The Morgan fingerprint density at radius 3 is 1.75 bits per heavy atom. The van der Waals surface area contributed by atoms with Crippen LogP contribution < -0.4 is 19.3 Å². The van der Waals surface area contributed by atoms with Gasteiger partial charge in [0.2, 0.25) is 0 Å². The van der Waals surface area contributed by atoms with E-state index in [-0.39, 0.29) is 17.4 Å². The highest BCUT2D eigenvalue weighted by Crippen LogP contribution is 2.39. The molecule has 5 heteroatoms. The lowest BCUT2D eigenvalue weighted by atomic mass is 10.0. The summed E-state index contributed by atoms with van der Waals surface area (Å²) in [6.07, 6.45) is 3.85. The molecule has 1 heterocycles. The summed E-state index contributed by atoms with van der Waals surface area (Å²) in [6.45, 7) is 9.93. The SMILES string of the molecule is CC(C)Oc1ccc([N+]2(c3ccc(O[NH+]([O-])C(C)C)cc3)CCCCC2)cc1. The maximum atomic E-state index is 11.9. The molecule has 1 saturated heterocycles. The molecule has 152 valence electrons. The molecule has 2 aromatic carbocycles. The van der Waals surface area contributed by atoms with E-state index in [2.05, 4.69) is 36.4 Å². The van der Waals surface area contributed by atoms with E-state index >= 15 is 0 Å². The van der Waals surface area contributed by atoms with Gasteiger partial charge in [-0.15, -0.1) is 0 Å². The first kappa shape index (κ1) is 20.6. The van der Waals surface area contributed by atoms with Crippen molar-refractivity contribution in [2.75, 3.05) is 13.1 Å². The Bertz CT molecular complexity index is 735. The maximum Gasteiger partial charge on any atom is 0.191 e. The number of hydroxylamine groups is 2. The van der Waals surface area contributed by atoms with Crippen LogP contribution in [0.1, 0.15) is 47.0 Å². The highest BCUT2D eigenvalue weighted by atomic mass is 16.9. The molecule has 1 fully saturated rings. The zero-order chi connectivity index (χ0) is 20.1. The molecule has 1 aliphatic rings. The van der Waals surface area contributed by atoms with Crippen LogP contribution in [0.4, 0.5) is 11.4 Å². The molecule has 0 aromatic heterocycles. The van der Waals surface area contributed by atoms with Crippen LogP contribution in [-0.4, -0.2) is 25.2 Å². The van der Waals surface area contributed by atoms with Gasteiger partial charge in [0, 0.05) is 24.3 Å². The Balaban J connectivity index is 1.87. The number of nitrogens with zero attached hydrogens (tertiary/aromatic N) is 1. The van der Waals surface area contributed by atoms with Crippen molar-refractivity contribution in [2.45, 2.75) is 59.1 Å². The maximum absolute atomic E-state index is 11.9. The molecular formula is C23H33N2O3+. The van der Waals surface area contributed by atoms with Crippen LogP contribution in [0.25, 0.3) is 0 Å². The van der Waals surface area contributed by atoms with Crippen molar-refractivity contribution in [1.82, 2.24) is 4.48 Å². The fraction of sp³-hybridized carbons (Fsp3) is 0.478. The molecule has 1 N–H and O–H groups in total. The Morgan fingerprint density at radius 1 is 0.786 bits per heavy atom. The standard InChI is InChI=1S/C23H33N2O3/c1-18(2)24(26)28-23-14-10-21(11-15-23)25(16-6-5-7-17-25)20-8-12-22(13-9-20)27-19(3)4/h8-15,18-19,24H,5-7,16-17H2,1-4H3/q+1. The average molecular weight is 386 g/mol. The molecular weight excluding hydrogens is 352 g/mol. The second kappa shape index (κ2) is 8.95. The van der Waals surface area contributed by atoms with Crippen LogP contribution in [0.15, 0.2) is 48.5 Å². The Hall–Kier alpha value is -2.08. The summed E-state index contributed by atoms with van der Waals surface area (Å²) in [5, 5.41) is 11.7. The van der Waals surface area contributed by atoms with E-state index in [1.807, 2.05) is 39.8 Å². The van der Waals surface area contributed by atoms with Crippen LogP contribution in [-0.2, 0) is 0 Å². The quantitative estimate of drug-likeness (QED) is 0.568. The van der Waals surface area contributed by atoms with E-state index in [1.165, 1.54) is 30.6 Å². The molecule has 0 amide bonds. The largest absolute Gasteiger partial charge is 0.591 e. The van der Waals surface area contributed by atoms with Gasteiger partial charge < -0.3 is 14.8 Å². The summed E-state index contributed by atoms with van der Waals surface area (Å²) < 4.78 is 6.65. The van der Waals surface area contributed by atoms with Crippen molar-refractivity contribution in [3.8, 4) is 11.5 Å². The van der Waals surface area contributed by atoms with Gasteiger partial charge >= 0.3 is 0 Å². The molecule has 0 radical (unpaired) electrons. The van der Waals surface area contributed by atoms with E-state index in [0.717, 1.165) is 23.3 Å². The highest BCUT2D eigenvalue weighted by molar-refractivity contribution is 5.60. The molecule has 2 aromatic rings. The lowest BCUT2D eigenvalue weighted by Crippen LogP contribution is -3.12. The van der Waals surface area contributed by atoms with Gasteiger partial charge in [-0.3, -0.25) is 4.48 Å². The minimum atomic E-state index is -0.199. The Morgan fingerprint density at radius 2 is 1.29 bits per heavy atom. The monoisotopic (exact) mass is 385 g/mol. The van der Waals surface area contributed by atoms with E-state index in [9.17, 15) is 5.21 Å². The number of quaternary nitrogens is 2. The third-order valence-electron chi connectivity index (χ3n) is 5.30. The first-order chi connectivity index (χ1) is 13.4. The van der Waals surface area contributed by atoms with E-state index in [0.29, 0.717) is 5.75 Å². The molecule has 3 rings (SSSR count). The van der Waals surface area contributed by atoms with Crippen molar-refractivity contribution in [3.63, 3.8) is 0 Å². The van der Waals surface area contributed by atoms with Crippen LogP contribution in [0, 0.1) is 5.21 Å². The molecule has 5 nitrogen and oxygen atoms in total. The third-order valence-corrected chi connectivity index (χ3v) is 5.30. The van der Waals surface area contributed by atoms with Gasteiger partial charge in [0.15, 0.2) is 5.75 Å². The lowest BCUT2D eigenvalue weighted by molar-refractivity contribution is -1.04. The fourth-order valence-electron chi connectivity index (χ4n) is 3.83. The number of hydrogen-bond donors (Lipinski definition) is 1. The molecule has 1 aliphatic heterocycles. The summed E-state index contributed by atoms with van der Waals surface area (Å²) >= 11 is 0. The average Bonchev–Trinajstić information content (AvgIpc) is 2.69. The number of hydrogen-bond acceptors (Lipinski definition) is 3. The highest BCUT2D eigenvalue weighted by Gasteiger charge is 2.35. The van der Waals surface area contributed by atoms with E-state index in [1.54, 1.807) is 0 Å². The van der Waals surface area contributed by atoms with Crippen molar-refractivity contribution < 1.29 is 14.8 Å². The van der Waals surface area contributed by atoms with Gasteiger partial charge in [-0.25, -0.2) is 0 Å². The molecule has 28 heavy (non-hydrogen) atoms. The summed E-state index contributed by atoms with van der Waals surface area (Å²) in [5.41, 5.74) is 2.52. The van der Waals surface area contributed by atoms with Crippen molar-refractivity contribution in [3.05, 3.63) is 53.7 Å². The Labute approximate surface area is 168 Å². The lowest BCUT2D eigenvalue weighted by Gasteiger charge is -2.40. The number of nitrogens with one attached hydrogen (secondary N) is 1. The second-order valence-corrected chi connectivity index (χ2v) is 8.21. The van der Waals surface area contributed by atoms with Gasteiger partial charge in [-0.2, -0.15) is 5.23 Å². The number of rotatable bonds is 7. The van der Waals surface area contributed by atoms with Gasteiger partial charge in [0.1, 0.15) is 23.2 Å². The minimum Gasteiger partial charge on any atom is -0.591 e. The molecule has 0 saturated carbocycles. The van der Waals surface area contributed by atoms with E-state index in [4.69, 9.17) is 9.57 Å². The van der Waals surface area contributed by atoms with Gasteiger partial charge in [0.05, 0.1) is 19.2 Å². The fourth-order valence-corrected chi connectivity index (χ4v) is 3.83. The summed E-state index contributed by atoms with van der Waals surface area (Å²) in [4.78, 5) is 5.45. The third kappa shape index (κ3) is 4.66. The zero-order valence-corrected chi connectivity index (χ0v) is 17.5. The predicted molar refractivity (Wildman–Crippen MR) is 114 cm³/mol. The summed E-state index contributed by atoms with van der Waals surface area (Å²) in [7, 11) is 0. The van der Waals surface area contributed by atoms with Crippen LogP contribution in [0.2, 0.25) is 0 Å². The number of benzene rings is 2. The topological polar surface area (TPSA) is 46.0 Å². The first-order valence-corrected chi connectivity index (χ1v) is 10.4. The number of ether oxygens (including phenoxy) is 1. The second-order valence-electron chi connectivity index (χ2n) is 8.21. The van der Waals surface area contributed by atoms with Crippen molar-refractivity contribution in [2.24, 2.45) is 0 Å². The molecule has 1 atom stereocenters. The van der Waals surface area contributed by atoms with Crippen LogP contribution >= 0.6 is 0 Å². The smallest absolute Gasteiger partial charge is 0.191 e. The molecule has 0 spiro atoms. The summed E-state index contributed by atoms with van der Waals surface area (Å²) in [5.74, 6) is 1.52. The molecule has 0 aliphatic carbocycles. The predicted octanol–water partition coefficient (Wildman–Crippen LogP) is 4.38. The summed E-state index contributed by atoms with van der Waals surface area (Å²) in [6, 6.07) is 16.4. The zero-order valence-electron chi connectivity index (χ0n) is 17.5. The first-order valence-electron chi connectivity index (χ1n) is 10.4. The number of piperidine rings is 1. The van der Waals surface area contributed by atoms with Crippen LogP contribution in [0.5, 0.6) is 11.5 Å². The van der Waals surface area contributed by atoms with Crippen LogP contribution in [0.3, 0.4) is 0 Å². The van der Waals surface area contributed by atoms with Crippen molar-refractivity contribution >= 4 is 11.4 Å². The Kier molecular flexibility index (Phi) is 6.60. The normalized spacial score (nSPS) is 17.5. The minimum absolute atomic E-state index is 0.133. The van der Waals surface area contributed by atoms with E-state index < -0.39 is 0 Å².